The zero-order valence-electron chi connectivity index (χ0n) is 16.0. The van der Waals surface area contributed by atoms with Gasteiger partial charge in [0.1, 0.15) is 23.7 Å². The third kappa shape index (κ3) is 4.23. The zero-order chi connectivity index (χ0) is 21.1. The molecule has 0 aliphatic carbocycles. The van der Waals surface area contributed by atoms with Crippen LogP contribution in [-0.2, 0) is 23.8 Å². The van der Waals surface area contributed by atoms with Crippen molar-refractivity contribution in [1.29, 1.82) is 0 Å². The number of carbonyl (C=O) groups excluding carboxylic acids is 3. The Hall–Kier alpha value is -1.63. The molecule has 3 aliphatic heterocycles. The van der Waals surface area contributed by atoms with Crippen molar-refractivity contribution in [2.45, 2.75) is 24.1 Å². The zero-order valence-corrected chi connectivity index (χ0v) is 19.0. The predicted molar refractivity (Wildman–Crippen MR) is 118 cm³/mol. The SMILES string of the molecule is O=C(OCCI)C1=C(C2OCCCO2)CS[C@H]2C(NC(=O)c3ccccc3)C(=O)N12. The fourth-order valence-corrected chi connectivity index (χ4v) is 5.09. The number of ether oxygens (including phenoxy) is 3. The van der Waals surface area contributed by atoms with Gasteiger partial charge in [-0.1, -0.05) is 40.8 Å². The largest absolute Gasteiger partial charge is 0.460 e. The maximum atomic E-state index is 13.0. The fraction of sp³-hybridized carbons (Fsp3) is 0.450. The summed E-state index contributed by atoms with van der Waals surface area (Å²) in [7, 11) is 0. The molecular weight excluding hydrogens is 523 g/mol. The summed E-state index contributed by atoms with van der Waals surface area (Å²) in [5.41, 5.74) is 1.27. The second kappa shape index (κ2) is 9.67. The van der Waals surface area contributed by atoms with Crippen LogP contribution < -0.4 is 5.32 Å². The van der Waals surface area contributed by atoms with E-state index >= 15 is 0 Å². The number of rotatable bonds is 6. The molecule has 0 saturated carbocycles. The Morgan fingerprint density at radius 2 is 1.97 bits per heavy atom. The molecule has 1 aromatic rings. The molecule has 3 heterocycles. The van der Waals surface area contributed by atoms with E-state index in [2.05, 4.69) is 27.9 Å². The molecule has 1 unspecified atom stereocenters. The number of thioether (sulfide) groups is 1. The van der Waals surface area contributed by atoms with E-state index in [0.29, 0.717) is 34.5 Å². The maximum Gasteiger partial charge on any atom is 0.355 e. The normalized spacial score (nSPS) is 24.2. The highest BCUT2D eigenvalue weighted by Crippen LogP contribution is 2.42. The Balaban J connectivity index is 1.55. The van der Waals surface area contributed by atoms with E-state index in [1.165, 1.54) is 16.7 Å². The van der Waals surface area contributed by atoms with E-state index in [1.807, 2.05) is 6.07 Å². The minimum Gasteiger partial charge on any atom is -0.460 e. The lowest BCUT2D eigenvalue weighted by Gasteiger charge is -2.50. The van der Waals surface area contributed by atoms with Gasteiger partial charge >= 0.3 is 5.97 Å². The maximum absolute atomic E-state index is 13.0. The van der Waals surface area contributed by atoms with Crippen LogP contribution in [0, 0.1) is 0 Å². The molecule has 2 amide bonds. The molecule has 2 saturated heterocycles. The lowest BCUT2D eigenvalue weighted by atomic mass is 10.0. The summed E-state index contributed by atoms with van der Waals surface area (Å²) in [6.07, 6.45) is 0.116. The van der Waals surface area contributed by atoms with Crippen LogP contribution in [0.15, 0.2) is 41.6 Å². The van der Waals surface area contributed by atoms with Crippen LogP contribution in [0.4, 0.5) is 0 Å². The highest BCUT2D eigenvalue weighted by molar-refractivity contribution is 14.1. The molecule has 0 spiro atoms. The number of nitrogens with one attached hydrogen (secondary N) is 1. The summed E-state index contributed by atoms with van der Waals surface area (Å²) in [4.78, 5) is 39.7. The highest BCUT2D eigenvalue weighted by Gasteiger charge is 2.55. The molecule has 0 bridgehead atoms. The van der Waals surface area contributed by atoms with Crippen molar-refractivity contribution in [2.24, 2.45) is 0 Å². The van der Waals surface area contributed by atoms with Crippen LogP contribution in [0.1, 0.15) is 16.8 Å². The molecule has 0 radical (unpaired) electrons. The molecule has 4 rings (SSSR count). The fourth-order valence-electron chi connectivity index (χ4n) is 3.52. The Morgan fingerprint density at radius 1 is 1.23 bits per heavy atom. The quantitative estimate of drug-likeness (QED) is 0.252. The lowest BCUT2D eigenvalue weighted by Crippen LogP contribution is -2.71. The average molecular weight is 544 g/mol. The van der Waals surface area contributed by atoms with Crippen LogP contribution in [0.25, 0.3) is 0 Å². The van der Waals surface area contributed by atoms with Crippen molar-refractivity contribution < 1.29 is 28.6 Å². The molecular formula is C20H21IN2O6S. The van der Waals surface area contributed by atoms with Gasteiger partial charge in [-0.2, -0.15) is 0 Å². The van der Waals surface area contributed by atoms with E-state index in [0.717, 1.165) is 6.42 Å². The molecule has 1 aromatic carbocycles. The van der Waals surface area contributed by atoms with Gasteiger partial charge in [0.15, 0.2) is 6.29 Å². The summed E-state index contributed by atoms with van der Waals surface area (Å²) >= 11 is 3.59. The second-order valence-corrected chi connectivity index (χ2v) is 9.04. The van der Waals surface area contributed by atoms with Crippen molar-refractivity contribution in [3.63, 3.8) is 0 Å². The van der Waals surface area contributed by atoms with Gasteiger partial charge in [-0.15, -0.1) is 11.8 Å². The minimum absolute atomic E-state index is 0.186. The van der Waals surface area contributed by atoms with E-state index in [-0.39, 0.29) is 29.5 Å². The molecule has 30 heavy (non-hydrogen) atoms. The first-order chi connectivity index (χ1) is 14.6. The molecule has 1 N–H and O–H groups in total. The number of fused-ring (bicyclic) bond motifs is 1. The third-order valence-electron chi connectivity index (χ3n) is 4.94. The van der Waals surface area contributed by atoms with Gasteiger partial charge in [-0.05, 0) is 18.6 Å². The first-order valence-electron chi connectivity index (χ1n) is 9.61. The van der Waals surface area contributed by atoms with Gasteiger partial charge in [-0.3, -0.25) is 14.5 Å². The van der Waals surface area contributed by atoms with Gasteiger partial charge in [0.05, 0.1) is 13.2 Å². The van der Waals surface area contributed by atoms with Crippen molar-refractivity contribution in [3.8, 4) is 0 Å². The number of hydrogen-bond donors (Lipinski definition) is 1. The van der Waals surface area contributed by atoms with E-state index < -0.39 is 18.3 Å². The number of benzene rings is 1. The standard InChI is InChI=1S/C20H21IN2O6S/c21-7-10-27-19(26)15-13(20-28-8-4-9-29-20)11-30-18-14(17(25)23(15)18)22-16(24)12-5-2-1-3-6-12/h1-3,5-6,14,18,20H,4,7-11H2,(H,22,24)/t14?,18-/m0/s1. The number of halogens is 1. The van der Waals surface area contributed by atoms with E-state index in [4.69, 9.17) is 14.2 Å². The number of esters is 1. The summed E-state index contributed by atoms with van der Waals surface area (Å²) in [6, 6.07) is 8.02. The second-order valence-electron chi connectivity index (χ2n) is 6.85. The molecule has 2 atom stereocenters. The summed E-state index contributed by atoms with van der Waals surface area (Å²) in [5.74, 6) is -0.778. The van der Waals surface area contributed by atoms with Crippen LogP contribution in [0.3, 0.4) is 0 Å². The summed E-state index contributed by atoms with van der Waals surface area (Å²) in [6.45, 7) is 1.31. The summed E-state index contributed by atoms with van der Waals surface area (Å²) < 4.78 is 17.3. The van der Waals surface area contributed by atoms with Crippen molar-refractivity contribution in [2.75, 3.05) is 30.0 Å². The van der Waals surface area contributed by atoms with Crippen LogP contribution in [0.2, 0.25) is 0 Å². The molecule has 0 aromatic heterocycles. The highest BCUT2D eigenvalue weighted by atomic mass is 127. The van der Waals surface area contributed by atoms with Gasteiger partial charge in [0.2, 0.25) is 0 Å². The number of carbonyl (C=O) groups is 3. The van der Waals surface area contributed by atoms with E-state index in [1.54, 1.807) is 24.3 Å². The third-order valence-corrected chi connectivity index (χ3v) is 6.68. The first kappa shape index (κ1) is 21.6. The number of alkyl halides is 1. The Bertz CT molecular complexity index is 858. The number of hydrogen-bond acceptors (Lipinski definition) is 7. The molecule has 8 nitrogen and oxygen atoms in total. The minimum atomic E-state index is -0.704. The molecule has 10 heteroatoms. The Morgan fingerprint density at radius 3 is 2.67 bits per heavy atom. The predicted octanol–water partition coefficient (Wildman–Crippen LogP) is 1.70. The van der Waals surface area contributed by atoms with Crippen LogP contribution in [-0.4, -0.2) is 70.4 Å². The average Bonchev–Trinajstić information content (AvgIpc) is 2.80. The topological polar surface area (TPSA) is 94.2 Å². The van der Waals surface area contributed by atoms with Crippen molar-refractivity contribution in [1.82, 2.24) is 10.2 Å². The number of amides is 2. The van der Waals surface area contributed by atoms with Crippen LogP contribution >= 0.6 is 34.4 Å². The summed E-state index contributed by atoms with van der Waals surface area (Å²) in [5, 5.41) is 2.41. The van der Waals surface area contributed by atoms with Gasteiger partial charge < -0.3 is 19.5 Å². The number of nitrogens with zero attached hydrogens (tertiary/aromatic N) is 1. The van der Waals surface area contributed by atoms with Gasteiger partial charge in [0.25, 0.3) is 11.8 Å². The van der Waals surface area contributed by atoms with Crippen molar-refractivity contribution in [3.05, 3.63) is 47.2 Å². The first-order valence-corrected chi connectivity index (χ1v) is 12.2. The lowest BCUT2D eigenvalue weighted by molar-refractivity contribution is -0.162. The Labute approximate surface area is 191 Å². The smallest absolute Gasteiger partial charge is 0.355 e. The van der Waals surface area contributed by atoms with Crippen molar-refractivity contribution >= 4 is 52.1 Å². The molecule has 2 fully saturated rings. The molecule has 160 valence electrons. The van der Waals surface area contributed by atoms with Gasteiger partial charge in [-0.25, -0.2) is 4.79 Å². The van der Waals surface area contributed by atoms with E-state index in [9.17, 15) is 14.4 Å². The Kier molecular flexibility index (Phi) is 6.96. The van der Waals surface area contributed by atoms with Gasteiger partial charge in [0, 0.05) is 21.3 Å². The van der Waals surface area contributed by atoms with Crippen LogP contribution in [0.5, 0.6) is 0 Å². The molecule has 3 aliphatic rings. The number of β-lactam (4-membered cyclic amide) rings is 1. The monoisotopic (exact) mass is 544 g/mol.